The minimum absolute atomic E-state index is 0.0532. The molecule has 7 heteroatoms. The van der Waals surface area contributed by atoms with Gasteiger partial charge in [-0.15, -0.1) is 0 Å². The molecule has 0 unspecified atom stereocenters. The van der Waals surface area contributed by atoms with Crippen LogP contribution in [-0.2, 0) is 6.42 Å². The summed E-state index contributed by atoms with van der Waals surface area (Å²) in [5.74, 6) is 0.0532. The molecule has 2 heterocycles. The van der Waals surface area contributed by atoms with Crippen molar-refractivity contribution in [1.82, 2.24) is 14.8 Å². The number of carbonyl (C=O) groups excluding carboxylic acids is 1. The van der Waals surface area contributed by atoms with Crippen LogP contribution in [0, 0.1) is 10.1 Å². The Balaban J connectivity index is 1.46. The van der Waals surface area contributed by atoms with Crippen molar-refractivity contribution < 1.29 is 9.72 Å². The van der Waals surface area contributed by atoms with Crippen LogP contribution in [0.2, 0.25) is 0 Å². The standard InChI is InChI=1S/C18H20N4O3/c23-18(16-5-8-19-9-6-16)21-13-11-20(12-14-21)10-7-15-1-3-17(4-2-15)22(24)25/h1-6,8-9H,7,10-14H2. The Morgan fingerprint density at radius 2 is 1.68 bits per heavy atom. The number of pyridine rings is 1. The molecule has 1 aliphatic heterocycles. The van der Waals surface area contributed by atoms with E-state index in [0.29, 0.717) is 18.7 Å². The quantitative estimate of drug-likeness (QED) is 0.614. The van der Waals surface area contributed by atoms with Crippen LogP contribution in [0.3, 0.4) is 0 Å². The molecule has 0 bridgehead atoms. The van der Waals surface area contributed by atoms with Crippen LogP contribution in [0.4, 0.5) is 5.69 Å². The fourth-order valence-electron chi connectivity index (χ4n) is 2.92. The van der Waals surface area contributed by atoms with Gasteiger partial charge in [0.25, 0.3) is 11.6 Å². The normalized spacial score (nSPS) is 15.1. The van der Waals surface area contributed by atoms with Gasteiger partial charge in [-0.05, 0) is 24.1 Å². The van der Waals surface area contributed by atoms with Crippen molar-refractivity contribution in [2.75, 3.05) is 32.7 Å². The van der Waals surface area contributed by atoms with Crippen molar-refractivity contribution in [3.05, 3.63) is 70.0 Å². The number of hydrogen-bond acceptors (Lipinski definition) is 5. The average molecular weight is 340 g/mol. The van der Waals surface area contributed by atoms with Gasteiger partial charge in [-0.25, -0.2) is 0 Å². The predicted molar refractivity (Wildman–Crippen MR) is 93.4 cm³/mol. The van der Waals surface area contributed by atoms with Gasteiger partial charge in [0, 0.05) is 62.8 Å². The van der Waals surface area contributed by atoms with Crippen LogP contribution in [0.25, 0.3) is 0 Å². The highest BCUT2D eigenvalue weighted by atomic mass is 16.6. The van der Waals surface area contributed by atoms with Crippen LogP contribution < -0.4 is 0 Å². The van der Waals surface area contributed by atoms with E-state index < -0.39 is 0 Å². The van der Waals surface area contributed by atoms with Crippen molar-refractivity contribution in [3.8, 4) is 0 Å². The van der Waals surface area contributed by atoms with Gasteiger partial charge in [0.2, 0.25) is 0 Å². The van der Waals surface area contributed by atoms with Gasteiger partial charge in [-0.2, -0.15) is 0 Å². The van der Waals surface area contributed by atoms with Crippen molar-refractivity contribution in [2.24, 2.45) is 0 Å². The van der Waals surface area contributed by atoms with E-state index in [9.17, 15) is 14.9 Å². The van der Waals surface area contributed by atoms with Gasteiger partial charge in [-0.3, -0.25) is 24.8 Å². The van der Waals surface area contributed by atoms with Crippen molar-refractivity contribution >= 4 is 11.6 Å². The predicted octanol–water partition coefficient (Wildman–Crippen LogP) is 1.99. The zero-order valence-corrected chi connectivity index (χ0v) is 13.9. The number of nitrogens with zero attached hydrogens (tertiary/aromatic N) is 4. The van der Waals surface area contributed by atoms with E-state index in [0.717, 1.165) is 31.6 Å². The molecule has 0 saturated carbocycles. The van der Waals surface area contributed by atoms with Crippen molar-refractivity contribution in [2.45, 2.75) is 6.42 Å². The van der Waals surface area contributed by atoms with E-state index in [-0.39, 0.29) is 16.5 Å². The van der Waals surface area contributed by atoms with E-state index in [4.69, 9.17) is 0 Å². The fourth-order valence-corrected chi connectivity index (χ4v) is 2.92. The summed E-state index contributed by atoms with van der Waals surface area (Å²) in [6.45, 7) is 3.98. The number of nitro groups is 1. The first-order valence-corrected chi connectivity index (χ1v) is 8.28. The number of piperazine rings is 1. The summed E-state index contributed by atoms with van der Waals surface area (Å²) < 4.78 is 0. The Morgan fingerprint density at radius 1 is 1.04 bits per heavy atom. The Hall–Kier alpha value is -2.80. The molecule has 0 aliphatic carbocycles. The SMILES string of the molecule is O=C(c1ccncc1)N1CCN(CCc2ccc([N+](=O)[O-])cc2)CC1. The second kappa shape index (κ2) is 7.85. The van der Waals surface area contributed by atoms with E-state index in [1.165, 1.54) is 0 Å². The molecule has 1 aromatic heterocycles. The lowest BCUT2D eigenvalue weighted by atomic mass is 10.1. The third-order valence-electron chi connectivity index (χ3n) is 4.45. The first-order valence-electron chi connectivity index (χ1n) is 8.28. The molecule has 1 aliphatic rings. The second-order valence-electron chi connectivity index (χ2n) is 6.04. The first-order chi connectivity index (χ1) is 12.1. The zero-order valence-electron chi connectivity index (χ0n) is 13.9. The number of nitro benzene ring substituents is 1. The van der Waals surface area contributed by atoms with E-state index >= 15 is 0 Å². The van der Waals surface area contributed by atoms with Gasteiger partial charge < -0.3 is 4.90 Å². The maximum Gasteiger partial charge on any atom is 0.269 e. The number of carbonyl (C=O) groups is 1. The number of non-ortho nitro benzene ring substituents is 1. The molecule has 1 amide bonds. The smallest absolute Gasteiger partial charge is 0.269 e. The number of amides is 1. The van der Waals surface area contributed by atoms with Crippen LogP contribution >= 0.6 is 0 Å². The Morgan fingerprint density at radius 3 is 2.28 bits per heavy atom. The largest absolute Gasteiger partial charge is 0.336 e. The molecule has 1 saturated heterocycles. The van der Waals surface area contributed by atoms with Crippen LogP contribution in [-0.4, -0.2) is 58.3 Å². The average Bonchev–Trinajstić information content (AvgIpc) is 2.67. The van der Waals surface area contributed by atoms with Gasteiger partial charge in [0.05, 0.1) is 4.92 Å². The molecule has 2 aromatic rings. The third-order valence-corrected chi connectivity index (χ3v) is 4.45. The van der Waals surface area contributed by atoms with E-state index in [1.54, 1.807) is 48.8 Å². The number of aromatic nitrogens is 1. The molecular formula is C18H20N4O3. The summed E-state index contributed by atoms with van der Waals surface area (Å²) in [4.78, 5) is 30.8. The summed E-state index contributed by atoms with van der Waals surface area (Å²) in [6.07, 6.45) is 4.11. The van der Waals surface area contributed by atoms with Gasteiger partial charge in [-0.1, -0.05) is 12.1 Å². The molecule has 0 N–H and O–H groups in total. The fraction of sp³-hybridized carbons (Fsp3) is 0.333. The monoisotopic (exact) mass is 340 g/mol. The Bertz CT molecular complexity index is 726. The summed E-state index contributed by atoms with van der Waals surface area (Å²) >= 11 is 0. The second-order valence-corrected chi connectivity index (χ2v) is 6.04. The summed E-state index contributed by atoms with van der Waals surface area (Å²) in [6, 6.07) is 10.2. The minimum Gasteiger partial charge on any atom is -0.336 e. The topological polar surface area (TPSA) is 79.6 Å². The molecular weight excluding hydrogens is 320 g/mol. The maximum atomic E-state index is 12.4. The maximum absolute atomic E-state index is 12.4. The number of benzene rings is 1. The van der Waals surface area contributed by atoms with Crippen molar-refractivity contribution in [1.29, 1.82) is 0 Å². The highest BCUT2D eigenvalue weighted by Gasteiger charge is 2.21. The van der Waals surface area contributed by atoms with Gasteiger partial charge in [0.15, 0.2) is 0 Å². The summed E-state index contributed by atoms with van der Waals surface area (Å²) in [5.41, 5.74) is 1.88. The van der Waals surface area contributed by atoms with E-state index in [2.05, 4.69) is 9.88 Å². The third kappa shape index (κ3) is 4.39. The van der Waals surface area contributed by atoms with Gasteiger partial charge in [0.1, 0.15) is 0 Å². The van der Waals surface area contributed by atoms with Gasteiger partial charge >= 0.3 is 0 Å². The van der Waals surface area contributed by atoms with Crippen LogP contribution in [0.15, 0.2) is 48.8 Å². The lowest BCUT2D eigenvalue weighted by Crippen LogP contribution is -2.49. The summed E-state index contributed by atoms with van der Waals surface area (Å²) in [7, 11) is 0. The summed E-state index contributed by atoms with van der Waals surface area (Å²) in [5, 5.41) is 10.7. The van der Waals surface area contributed by atoms with E-state index in [1.807, 2.05) is 4.90 Å². The lowest BCUT2D eigenvalue weighted by molar-refractivity contribution is -0.384. The highest BCUT2D eigenvalue weighted by molar-refractivity contribution is 5.94. The molecule has 130 valence electrons. The molecule has 0 radical (unpaired) electrons. The minimum atomic E-state index is -0.386. The number of rotatable bonds is 5. The molecule has 7 nitrogen and oxygen atoms in total. The van der Waals surface area contributed by atoms with Crippen LogP contribution in [0.1, 0.15) is 15.9 Å². The molecule has 1 fully saturated rings. The zero-order chi connectivity index (χ0) is 17.6. The molecule has 1 aromatic carbocycles. The number of hydrogen-bond donors (Lipinski definition) is 0. The van der Waals surface area contributed by atoms with Crippen molar-refractivity contribution in [3.63, 3.8) is 0 Å². The van der Waals surface area contributed by atoms with Crippen LogP contribution in [0.5, 0.6) is 0 Å². The first kappa shape index (κ1) is 17.0. The lowest BCUT2D eigenvalue weighted by Gasteiger charge is -2.34. The molecule has 0 atom stereocenters. The highest BCUT2D eigenvalue weighted by Crippen LogP contribution is 2.13. The molecule has 0 spiro atoms. The Kier molecular flexibility index (Phi) is 5.35. The molecule has 3 rings (SSSR count). The Labute approximate surface area is 146 Å². The molecule has 25 heavy (non-hydrogen) atoms.